The number of hydrogen-bond acceptors (Lipinski definition) is 6. The van der Waals surface area contributed by atoms with Crippen molar-refractivity contribution < 1.29 is 15.0 Å². The molecule has 31 heavy (non-hydrogen) atoms. The number of imidazole rings is 1. The lowest BCUT2D eigenvalue weighted by Gasteiger charge is -2.33. The van der Waals surface area contributed by atoms with Crippen molar-refractivity contribution >= 4 is 34.7 Å². The Morgan fingerprint density at radius 1 is 1.13 bits per heavy atom. The van der Waals surface area contributed by atoms with E-state index in [1.165, 1.54) is 4.90 Å². The minimum Gasteiger partial charge on any atom is -0.465 e. The number of halogens is 1. The van der Waals surface area contributed by atoms with Gasteiger partial charge in [-0.25, -0.2) is 19.7 Å². The number of aromatic nitrogens is 4. The van der Waals surface area contributed by atoms with Crippen LogP contribution in [0.4, 0.5) is 10.6 Å². The molecular weight excluding hydrogens is 420 g/mol. The van der Waals surface area contributed by atoms with Crippen LogP contribution in [0.1, 0.15) is 19.7 Å². The minimum absolute atomic E-state index is 0.271. The predicted molar refractivity (Wildman–Crippen MR) is 119 cm³/mol. The number of hydrogen-bond donors (Lipinski definition) is 2. The average Bonchev–Trinajstić information content (AvgIpc) is 3.04. The number of aryl methyl sites for hydroxylation is 1. The largest absolute Gasteiger partial charge is 0.465 e. The van der Waals surface area contributed by atoms with E-state index in [4.69, 9.17) is 16.6 Å². The highest BCUT2D eigenvalue weighted by molar-refractivity contribution is 6.33. The molecule has 0 bridgehead atoms. The van der Waals surface area contributed by atoms with Gasteiger partial charge in [0.2, 0.25) is 0 Å². The zero-order chi connectivity index (χ0) is 22.3. The molecule has 1 aromatic carbocycles. The van der Waals surface area contributed by atoms with E-state index in [-0.39, 0.29) is 6.54 Å². The third-order valence-corrected chi connectivity index (χ3v) is 5.53. The van der Waals surface area contributed by atoms with Crippen LogP contribution in [0.25, 0.3) is 22.6 Å². The quantitative estimate of drug-likeness (QED) is 0.636. The van der Waals surface area contributed by atoms with E-state index >= 15 is 0 Å². The summed E-state index contributed by atoms with van der Waals surface area (Å²) < 4.78 is 1.88. The zero-order valence-electron chi connectivity index (χ0n) is 17.7. The van der Waals surface area contributed by atoms with Crippen molar-refractivity contribution in [2.45, 2.75) is 32.9 Å². The Labute approximate surface area is 184 Å². The number of rotatable bonds is 4. The lowest BCUT2D eigenvalue weighted by molar-refractivity contribution is 0.0629. The van der Waals surface area contributed by atoms with E-state index in [1.54, 1.807) is 19.9 Å². The standard InChI is InChI=1S/C21H25ClN6O3/c1-13-23-18(26-8-10-27(11-9-26)20(29)30)16-19(24-13)28(12-21(2,3)31)17(25-16)14-6-4-5-7-15(14)22/h4-7,31H,8-12H2,1-3H3,(H,29,30). The summed E-state index contributed by atoms with van der Waals surface area (Å²) >= 11 is 6.47. The smallest absolute Gasteiger partial charge is 0.407 e. The van der Waals surface area contributed by atoms with Crippen LogP contribution in [0.5, 0.6) is 0 Å². The molecule has 164 valence electrons. The number of benzene rings is 1. The Hall–Kier alpha value is -2.91. The van der Waals surface area contributed by atoms with Crippen molar-refractivity contribution in [1.82, 2.24) is 24.4 Å². The Kier molecular flexibility index (Phi) is 5.49. The molecule has 0 unspecified atom stereocenters. The molecule has 1 fully saturated rings. The van der Waals surface area contributed by atoms with Crippen LogP contribution in [0, 0.1) is 6.92 Å². The Balaban J connectivity index is 1.87. The van der Waals surface area contributed by atoms with Crippen LogP contribution in [0.15, 0.2) is 24.3 Å². The second-order valence-electron chi connectivity index (χ2n) is 8.34. The van der Waals surface area contributed by atoms with Gasteiger partial charge >= 0.3 is 6.09 Å². The summed E-state index contributed by atoms with van der Waals surface area (Å²) in [6.45, 7) is 7.35. The van der Waals surface area contributed by atoms with Gasteiger partial charge in [0, 0.05) is 31.7 Å². The van der Waals surface area contributed by atoms with Gasteiger partial charge in [-0.05, 0) is 32.9 Å². The molecule has 2 aromatic heterocycles. The summed E-state index contributed by atoms with van der Waals surface area (Å²) in [7, 11) is 0. The number of aliphatic hydroxyl groups is 1. The zero-order valence-corrected chi connectivity index (χ0v) is 18.5. The van der Waals surface area contributed by atoms with Gasteiger partial charge in [-0.1, -0.05) is 23.7 Å². The molecule has 2 N–H and O–H groups in total. The van der Waals surface area contributed by atoms with Crippen LogP contribution >= 0.6 is 11.6 Å². The van der Waals surface area contributed by atoms with Gasteiger partial charge in [0.1, 0.15) is 11.6 Å². The first-order chi connectivity index (χ1) is 14.6. The molecule has 9 nitrogen and oxygen atoms in total. The lowest BCUT2D eigenvalue weighted by Crippen LogP contribution is -2.48. The summed E-state index contributed by atoms with van der Waals surface area (Å²) in [5, 5.41) is 20.4. The lowest BCUT2D eigenvalue weighted by atomic mass is 10.1. The number of nitrogens with zero attached hydrogens (tertiary/aromatic N) is 6. The van der Waals surface area contributed by atoms with Gasteiger partial charge in [-0.2, -0.15) is 0 Å². The fourth-order valence-corrected chi connectivity index (χ4v) is 4.03. The fraction of sp³-hybridized carbons (Fsp3) is 0.429. The average molecular weight is 445 g/mol. The molecule has 1 amide bonds. The van der Waals surface area contributed by atoms with Crippen LogP contribution in [-0.2, 0) is 6.54 Å². The first kappa shape index (κ1) is 21.3. The number of anilines is 1. The first-order valence-electron chi connectivity index (χ1n) is 10.1. The van der Waals surface area contributed by atoms with Crippen molar-refractivity contribution in [3.8, 4) is 11.4 Å². The van der Waals surface area contributed by atoms with Gasteiger partial charge in [-0.15, -0.1) is 0 Å². The highest BCUT2D eigenvalue weighted by Crippen LogP contribution is 2.33. The molecule has 4 rings (SSSR count). The van der Waals surface area contributed by atoms with Crippen LogP contribution in [0.2, 0.25) is 5.02 Å². The van der Waals surface area contributed by atoms with Gasteiger partial charge in [0.25, 0.3) is 0 Å². The van der Waals surface area contributed by atoms with Crippen molar-refractivity contribution in [3.05, 3.63) is 35.1 Å². The van der Waals surface area contributed by atoms with Crippen molar-refractivity contribution in [3.63, 3.8) is 0 Å². The van der Waals surface area contributed by atoms with E-state index in [1.807, 2.05) is 34.6 Å². The second-order valence-corrected chi connectivity index (χ2v) is 8.74. The number of carboxylic acid groups (broad SMARTS) is 1. The summed E-state index contributed by atoms with van der Waals surface area (Å²) in [5.41, 5.74) is 0.954. The molecule has 1 aliphatic rings. The number of carbonyl (C=O) groups is 1. The fourth-order valence-electron chi connectivity index (χ4n) is 3.81. The van der Waals surface area contributed by atoms with E-state index in [9.17, 15) is 15.0 Å². The third-order valence-electron chi connectivity index (χ3n) is 5.20. The van der Waals surface area contributed by atoms with Crippen molar-refractivity contribution in [2.75, 3.05) is 31.1 Å². The molecule has 1 aliphatic heterocycles. The molecular formula is C21H25ClN6O3. The van der Waals surface area contributed by atoms with E-state index in [2.05, 4.69) is 9.97 Å². The maximum absolute atomic E-state index is 11.3. The van der Waals surface area contributed by atoms with Gasteiger partial charge in [0.15, 0.2) is 17.0 Å². The van der Waals surface area contributed by atoms with Gasteiger partial charge in [0.05, 0.1) is 17.2 Å². The van der Waals surface area contributed by atoms with Crippen molar-refractivity contribution in [1.29, 1.82) is 0 Å². The molecule has 0 saturated carbocycles. The maximum atomic E-state index is 11.3. The van der Waals surface area contributed by atoms with Crippen LogP contribution in [0.3, 0.4) is 0 Å². The van der Waals surface area contributed by atoms with E-state index in [0.717, 1.165) is 5.56 Å². The van der Waals surface area contributed by atoms with E-state index in [0.29, 0.717) is 59.8 Å². The number of piperazine rings is 1. The normalized spacial score (nSPS) is 15.0. The van der Waals surface area contributed by atoms with Crippen molar-refractivity contribution in [2.24, 2.45) is 0 Å². The summed E-state index contributed by atoms with van der Waals surface area (Å²) in [6.07, 6.45) is -0.917. The molecule has 3 aromatic rings. The molecule has 1 saturated heterocycles. The maximum Gasteiger partial charge on any atom is 0.407 e. The van der Waals surface area contributed by atoms with E-state index < -0.39 is 11.7 Å². The topological polar surface area (TPSA) is 108 Å². The molecule has 10 heteroatoms. The monoisotopic (exact) mass is 444 g/mol. The highest BCUT2D eigenvalue weighted by atomic mass is 35.5. The first-order valence-corrected chi connectivity index (χ1v) is 10.5. The molecule has 3 heterocycles. The predicted octanol–water partition coefficient (Wildman–Crippen LogP) is 3.03. The number of amides is 1. The summed E-state index contributed by atoms with van der Waals surface area (Å²) in [6, 6.07) is 7.42. The van der Waals surface area contributed by atoms with Crippen LogP contribution in [-0.4, -0.2) is 72.5 Å². The minimum atomic E-state index is -1.00. The second kappa shape index (κ2) is 7.97. The number of fused-ring (bicyclic) bond motifs is 1. The Bertz CT molecular complexity index is 1130. The van der Waals surface area contributed by atoms with Gasteiger partial charge in [-0.3, -0.25) is 0 Å². The van der Waals surface area contributed by atoms with Gasteiger partial charge < -0.3 is 24.6 Å². The summed E-state index contributed by atoms with van der Waals surface area (Å²) in [5.74, 6) is 1.84. The third kappa shape index (κ3) is 4.28. The van der Waals surface area contributed by atoms with Crippen LogP contribution < -0.4 is 4.90 Å². The molecule has 0 spiro atoms. The highest BCUT2D eigenvalue weighted by Gasteiger charge is 2.28. The SMILES string of the molecule is Cc1nc(N2CCN(C(=O)O)CC2)c2nc(-c3ccccc3Cl)n(CC(C)(C)O)c2n1. The Morgan fingerprint density at radius 2 is 1.81 bits per heavy atom. The Morgan fingerprint density at radius 3 is 2.42 bits per heavy atom. The molecule has 0 radical (unpaired) electrons. The summed E-state index contributed by atoms with van der Waals surface area (Å²) in [4.78, 5) is 28.8. The molecule has 0 atom stereocenters. The molecule has 0 aliphatic carbocycles.